The highest BCUT2D eigenvalue weighted by atomic mass is 32.2. The van der Waals surface area contributed by atoms with Gasteiger partial charge < -0.3 is 9.30 Å². The Morgan fingerprint density at radius 2 is 1.93 bits per heavy atom. The number of aromatic nitrogens is 4. The Morgan fingerprint density at radius 3 is 2.47 bits per heavy atom. The summed E-state index contributed by atoms with van der Waals surface area (Å²) in [6.07, 6.45) is 7.20. The van der Waals surface area contributed by atoms with Crippen LogP contribution in [0.3, 0.4) is 0 Å². The van der Waals surface area contributed by atoms with Crippen molar-refractivity contribution < 1.29 is 13.2 Å². The number of pyridine rings is 1. The second-order valence-electron chi connectivity index (χ2n) is 7.55. The van der Waals surface area contributed by atoms with Crippen molar-refractivity contribution in [3.8, 4) is 23.3 Å². The largest absolute Gasteiger partial charge is 0.495 e. The van der Waals surface area contributed by atoms with Crippen molar-refractivity contribution in [2.24, 2.45) is 0 Å². The lowest BCUT2D eigenvalue weighted by atomic mass is 9.92. The van der Waals surface area contributed by atoms with Crippen LogP contribution < -0.4 is 9.46 Å². The molecule has 0 saturated heterocycles. The number of rotatable bonds is 6. The van der Waals surface area contributed by atoms with Gasteiger partial charge in [0.25, 0.3) is 0 Å². The Morgan fingerprint density at radius 1 is 1.23 bits per heavy atom. The SMILES string of the molecule is COc1cnc2c(c1)c(C#N)c(-c1ncc(S(=O)(=O)NC(C)C)cn1)n2C1CCC1. The first kappa shape index (κ1) is 20.3. The molecule has 3 aromatic rings. The number of sulfonamides is 1. The summed E-state index contributed by atoms with van der Waals surface area (Å²) in [4.78, 5) is 13.1. The maximum absolute atomic E-state index is 12.4. The zero-order valence-corrected chi connectivity index (χ0v) is 17.8. The number of ether oxygens (including phenoxy) is 1. The second-order valence-corrected chi connectivity index (χ2v) is 9.27. The van der Waals surface area contributed by atoms with E-state index in [1.165, 1.54) is 12.4 Å². The second kappa shape index (κ2) is 7.66. The third kappa shape index (κ3) is 3.40. The molecule has 0 aromatic carbocycles. The van der Waals surface area contributed by atoms with Gasteiger partial charge in [-0.1, -0.05) is 0 Å². The summed E-state index contributed by atoms with van der Waals surface area (Å²) < 4.78 is 34.6. The van der Waals surface area contributed by atoms with Gasteiger partial charge in [0.15, 0.2) is 5.82 Å². The number of nitriles is 1. The summed E-state index contributed by atoms with van der Waals surface area (Å²) in [7, 11) is -2.16. The Balaban J connectivity index is 1.89. The first-order valence-corrected chi connectivity index (χ1v) is 11.2. The quantitative estimate of drug-likeness (QED) is 0.643. The molecule has 0 radical (unpaired) electrons. The zero-order chi connectivity index (χ0) is 21.5. The van der Waals surface area contributed by atoms with Crippen LogP contribution in [0.5, 0.6) is 5.75 Å². The van der Waals surface area contributed by atoms with E-state index >= 15 is 0 Å². The maximum atomic E-state index is 12.4. The van der Waals surface area contributed by atoms with Crippen molar-refractivity contribution in [3.63, 3.8) is 0 Å². The number of nitrogens with one attached hydrogen (secondary N) is 1. The topological polar surface area (TPSA) is 123 Å². The maximum Gasteiger partial charge on any atom is 0.243 e. The molecule has 156 valence electrons. The van der Waals surface area contributed by atoms with E-state index in [2.05, 4.69) is 25.7 Å². The fourth-order valence-electron chi connectivity index (χ4n) is 3.57. The van der Waals surface area contributed by atoms with Crippen molar-refractivity contribution in [1.29, 1.82) is 5.26 Å². The lowest BCUT2D eigenvalue weighted by molar-refractivity contribution is 0.322. The van der Waals surface area contributed by atoms with Gasteiger partial charge >= 0.3 is 0 Å². The molecule has 0 atom stereocenters. The van der Waals surface area contributed by atoms with E-state index in [-0.39, 0.29) is 17.0 Å². The molecule has 3 aromatic heterocycles. The zero-order valence-electron chi connectivity index (χ0n) is 17.0. The molecule has 1 N–H and O–H groups in total. The van der Waals surface area contributed by atoms with E-state index in [1.807, 2.05) is 4.57 Å². The summed E-state index contributed by atoms with van der Waals surface area (Å²) in [6.45, 7) is 3.48. The number of hydrogen-bond acceptors (Lipinski definition) is 7. The highest BCUT2D eigenvalue weighted by molar-refractivity contribution is 7.89. The van der Waals surface area contributed by atoms with Crippen molar-refractivity contribution >= 4 is 21.1 Å². The molecule has 0 bridgehead atoms. The van der Waals surface area contributed by atoms with Gasteiger partial charge in [-0.25, -0.2) is 28.1 Å². The molecule has 9 nitrogen and oxygen atoms in total. The van der Waals surface area contributed by atoms with E-state index in [9.17, 15) is 13.7 Å². The molecular formula is C20H22N6O3S. The molecule has 0 aliphatic heterocycles. The summed E-state index contributed by atoms with van der Waals surface area (Å²) in [5.41, 5.74) is 1.63. The molecular weight excluding hydrogens is 404 g/mol. The van der Waals surface area contributed by atoms with Crippen LogP contribution in [0, 0.1) is 11.3 Å². The standard InChI is InChI=1S/C20H22N6O3S/c1-12(2)25-30(27,28)15-10-22-19(23-11-15)18-17(8-21)16-7-14(29-3)9-24-20(16)26(18)13-5-4-6-13/h7,9-13,25H,4-6H2,1-3H3. The predicted octanol–water partition coefficient (Wildman–Crippen LogP) is 2.79. The minimum absolute atomic E-state index is 0.0236. The van der Waals surface area contributed by atoms with Gasteiger partial charge in [0.2, 0.25) is 10.0 Å². The Bertz CT molecular complexity index is 1240. The van der Waals surface area contributed by atoms with Crippen molar-refractivity contribution in [1.82, 2.24) is 24.2 Å². The highest BCUT2D eigenvalue weighted by Crippen LogP contribution is 2.41. The van der Waals surface area contributed by atoms with Crippen LogP contribution in [0.15, 0.2) is 29.6 Å². The van der Waals surface area contributed by atoms with Gasteiger partial charge in [-0.15, -0.1) is 0 Å². The molecule has 3 heterocycles. The molecule has 0 spiro atoms. The van der Waals surface area contributed by atoms with Crippen LogP contribution in [0.1, 0.15) is 44.7 Å². The fourth-order valence-corrected chi connectivity index (χ4v) is 4.71. The predicted molar refractivity (Wildman–Crippen MR) is 110 cm³/mol. The average Bonchev–Trinajstić information content (AvgIpc) is 2.99. The summed E-state index contributed by atoms with van der Waals surface area (Å²) in [6, 6.07) is 3.98. The monoisotopic (exact) mass is 426 g/mol. The van der Waals surface area contributed by atoms with Crippen LogP contribution in [-0.2, 0) is 10.0 Å². The molecule has 0 amide bonds. The minimum atomic E-state index is -3.70. The van der Waals surface area contributed by atoms with Crippen LogP contribution >= 0.6 is 0 Å². The van der Waals surface area contributed by atoms with Gasteiger partial charge in [0.05, 0.1) is 31.3 Å². The number of hydrogen-bond donors (Lipinski definition) is 1. The summed E-state index contributed by atoms with van der Waals surface area (Å²) in [5.74, 6) is 0.845. The van der Waals surface area contributed by atoms with Crippen LogP contribution in [-0.4, -0.2) is 41.1 Å². The van der Waals surface area contributed by atoms with Crippen molar-refractivity contribution in [2.75, 3.05) is 7.11 Å². The number of fused-ring (bicyclic) bond motifs is 1. The van der Waals surface area contributed by atoms with E-state index in [4.69, 9.17) is 4.74 Å². The van der Waals surface area contributed by atoms with Crippen molar-refractivity contribution in [3.05, 3.63) is 30.2 Å². The van der Waals surface area contributed by atoms with Gasteiger partial charge in [-0.2, -0.15) is 5.26 Å². The third-order valence-corrected chi connectivity index (χ3v) is 6.76. The Labute approximate surface area is 174 Å². The smallest absolute Gasteiger partial charge is 0.243 e. The molecule has 1 fully saturated rings. The molecule has 4 rings (SSSR count). The molecule has 1 aliphatic rings. The van der Waals surface area contributed by atoms with E-state index in [0.29, 0.717) is 33.9 Å². The van der Waals surface area contributed by atoms with Crippen LogP contribution in [0.25, 0.3) is 22.6 Å². The number of nitrogens with zero attached hydrogens (tertiary/aromatic N) is 5. The Hall–Kier alpha value is -3.03. The van der Waals surface area contributed by atoms with E-state index < -0.39 is 10.0 Å². The van der Waals surface area contributed by atoms with Crippen molar-refractivity contribution in [2.45, 2.75) is 50.1 Å². The molecule has 0 unspecified atom stereocenters. The fraction of sp³-hybridized carbons (Fsp3) is 0.400. The van der Waals surface area contributed by atoms with Gasteiger partial charge in [0.1, 0.15) is 28.1 Å². The molecule has 1 aliphatic carbocycles. The van der Waals surface area contributed by atoms with Crippen LogP contribution in [0.2, 0.25) is 0 Å². The normalized spacial score (nSPS) is 14.6. The first-order chi connectivity index (χ1) is 14.4. The molecule has 1 saturated carbocycles. The third-order valence-electron chi connectivity index (χ3n) is 5.15. The average molecular weight is 427 g/mol. The van der Waals surface area contributed by atoms with E-state index in [1.54, 1.807) is 33.2 Å². The number of methoxy groups -OCH3 is 1. The first-order valence-electron chi connectivity index (χ1n) is 9.68. The van der Waals surface area contributed by atoms with E-state index in [0.717, 1.165) is 19.3 Å². The van der Waals surface area contributed by atoms with Gasteiger partial charge in [-0.05, 0) is 39.2 Å². The lowest BCUT2D eigenvalue weighted by Crippen LogP contribution is -2.30. The molecule has 30 heavy (non-hydrogen) atoms. The lowest BCUT2D eigenvalue weighted by Gasteiger charge is -2.29. The summed E-state index contributed by atoms with van der Waals surface area (Å²) in [5, 5.41) is 10.6. The molecule has 10 heteroatoms. The van der Waals surface area contributed by atoms with Crippen LogP contribution in [0.4, 0.5) is 0 Å². The highest BCUT2D eigenvalue weighted by Gasteiger charge is 2.30. The minimum Gasteiger partial charge on any atom is -0.495 e. The summed E-state index contributed by atoms with van der Waals surface area (Å²) >= 11 is 0. The van der Waals surface area contributed by atoms with Gasteiger partial charge in [-0.3, -0.25) is 0 Å². The van der Waals surface area contributed by atoms with Gasteiger partial charge in [0, 0.05) is 17.5 Å². The Kier molecular flexibility index (Phi) is 5.17.